The van der Waals surface area contributed by atoms with Crippen LogP contribution < -0.4 is 4.90 Å². The molecule has 0 saturated heterocycles. The van der Waals surface area contributed by atoms with E-state index >= 15 is 0 Å². The molecule has 168 valence electrons. The van der Waals surface area contributed by atoms with Gasteiger partial charge in [-0.15, -0.1) is 5.92 Å². The van der Waals surface area contributed by atoms with Crippen molar-refractivity contribution in [3.63, 3.8) is 0 Å². The molecule has 0 aliphatic heterocycles. The van der Waals surface area contributed by atoms with Crippen LogP contribution in [0, 0.1) is 29.1 Å². The zero-order valence-electron chi connectivity index (χ0n) is 22.4. The number of aliphatic hydroxyl groups is 1. The predicted octanol–water partition coefficient (Wildman–Crippen LogP) is 5.41. The molecule has 1 aromatic carbocycles. The fourth-order valence-electron chi connectivity index (χ4n) is 7.31. The SMILES string of the molecule is [2H]C([2H])([2H])N(C)c1ccc([C@H]2C[C@@]3(C)C(CC[C@@]3(O)C#CC)C3CCC4=CC(=O)CCC4=C32)cc1. The minimum absolute atomic E-state index is 0.114. The Morgan fingerprint density at radius 3 is 2.69 bits per heavy atom. The molecule has 2 fully saturated rings. The predicted molar refractivity (Wildman–Crippen MR) is 129 cm³/mol. The second-order valence-corrected chi connectivity index (χ2v) is 10.4. The zero-order chi connectivity index (χ0) is 25.2. The van der Waals surface area contributed by atoms with Gasteiger partial charge in [-0.05, 0) is 92.2 Å². The number of carbonyl (C=O) groups excluding carboxylic acids is 1. The van der Waals surface area contributed by atoms with Gasteiger partial charge < -0.3 is 10.0 Å². The van der Waals surface area contributed by atoms with Gasteiger partial charge in [-0.2, -0.15) is 0 Å². The molecule has 3 nitrogen and oxygen atoms in total. The number of carbonyl (C=O) groups is 1. The van der Waals surface area contributed by atoms with E-state index in [1.54, 1.807) is 14.0 Å². The van der Waals surface area contributed by atoms with Gasteiger partial charge in [0.15, 0.2) is 5.78 Å². The number of ketones is 1. The van der Waals surface area contributed by atoms with Crippen molar-refractivity contribution in [1.29, 1.82) is 0 Å². The number of fused-ring (bicyclic) bond motifs is 4. The Kier molecular flexibility index (Phi) is 4.33. The highest BCUT2D eigenvalue weighted by Gasteiger charge is 2.62. The molecule has 1 aromatic rings. The molecule has 0 spiro atoms. The van der Waals surface area contributed by atoms with Crippen LogP contribution in [0.3, 0.4) is 0 Å². The van der Waals surface area contributed by atoms with Gasteiger partial charge in [0.2, 0.25) is 0 Å². The Morgan fingerprint density at radius 1 is 1.19 bits per heavy atom. The van der Waals surface area contributed by atoms with Crippen LogP contribution in [0.1, 0.15) is 74.4 Å². The van der Waals surface area contributed by atoms with E-state index in [4.69, 9.17) is 4.11 Å². The van der Waals surface area contributed by atoms with Crippen LogP contribution in [0.15, 0.2) is 47.1 Å². The molecule has 2 saturated carbocycles. The van der Waals surface area contributed by atoms with Crippen LogP contribution in [0.4, 0.5) is 5.69 Å². The molecule has 1 N–H and O–H groups in total. The quantitative estimate of drug-likeness (QED) is 0.636. The molecule has 0 aromatic heterocycles. The van der Waals surface area contributed by atoms with Crippen molar-refractivity contribution in [2.45, 2.75) is 70.3 Å². The van der Waals surface area contributed by atoms with Gasteiger partial charge in [0.05, 0.1) is 0 Å². The van der Waals surface area contributed by atoms with Crippen LogP contribution in [0.25, 0.3) is 0 Å². The van der Waals surface area contributed by atoms with Gasteiger partial charge in [-0.25, -0.2) is 0 Å². The third kappa shape index (κ3) is 3.11. The van der Waals surface area contributed by atoms with E-state index < -0.39 is 12.6 Å². The van der Waals surface area contributed by atoms with Gasteiger partial charge in [-0.3, -0.25) is 4.79 Å². The molecule has 0 heterocycles. The maximum Gasteiger partial charge on any atom is 0.156 e. The first-order valence-electron chi connectivity index (χ1n) is 13.5. The standard InChI is InChI=1S/C29H35NO2/c1-5-15-29(32)16-14-26-24-12-8-20-17-22(31)11-13-23(20)27(24)25(18-28(26,29)2)19-6-9-21(10-7-19)30(3)4/h6-7,9-10,17,24-26,32H,8,11-14,16,18H2,1-4H3/t24?,25-,26?,28+,29+/m1/s1/i3D3. The largest absolute Gasteiger partial charge is 0.378 e. The molecule has 4 aliphatic carbocycles. The molecule has 0 amide bonds. The summed E-state index contributed by atoms with van der Waals surface area (Å²) >= 11 is 0. The van der Waals surface area contributed by atoms with E-state index in [0.29, 0.717) is 30.4 Å². The summed E-state index contributed by atoms with van der Waals surface area (Å²) in [6.45, 7) is 1.84. The fourth-order valence-corrected chi connectivity index (χ4v) is 7.31. The highest BCUT2D eigenvalue weighted by molar-refractivity contribution is 5.93. The molecule has 5 rings (SSSR count). The van der Waals surface area contributed by atoms with Crippen LogP contribution >= 0.6 is 0 Å². The Hall–Kier alpha value is -2.31. The van der Waals surface area contributed by atoms with Crippen molar-refractivity contribution < 1.29 is 14.0 Å². The number of allylic oxidation sites excluding steroid dienone is 4. The van der Waals surface area contributed by atoms with Crippen LogP contribution in [-0.4, -0.2) is 30.5 Å². The van der Waals surface area contributed by atoms with Crippen molar-refractivity contribution >= 4 is 11.5 Å². The third-order valence-electron chi connectivity index (χ3n) is 8.90. The molecule has 4 aliphatic rings. The van der Waals surface area contributed by atoms with Crippen molar-refractivity contribution in [2.24, 2.45) is 17.3 Å². The Labute approximate surface area is 196 Å². The number of benzene rings is 1. The molecule has 3 heteroatoms. The van der Waals surface area contributed by atoms with Crippen molar-refractivity contribution in [1.82, 2.24) is 0 Å². The number of hydrogen-bond acceptors (Lipinski definition) is 3. The lowest BCUT2D eigenvalue weighted by molar-refractivity contribution is -0.114. The Bertz CT molecular complexity index is 1170. The number of anilines is 1. The average molecular weight is 433 g/mol. The molecule has 0 radical (unpaired) electrons. The molecule has 5 atom stereocenters. The summed E-state index contributed by atoms with van der Waals surface area (Å²) in [4.78, 5) is 13.5. The number of nitrogens with zero attached hydrogens (tertiary/aromatic N) is 1. The van der Waals surface area contributed by atoms with Crippen LogP contribution in [0.5, 0.6) is 0 Å². The lowest BCUT2D eigenvalue weighted by Gasteiger charge is -2.53. The van der Waals surface area contributed by atoms with E-state index in [0.717, 1.165) is 37.7 Å². The highest BCUT2D eigenvalue weighted by Crippen LogP contribution is 2.66. The second kappa shape index (κ2) is 7.63. The lowest BCUT2D eigenvalue weighted by Crippen LogP contribution is -2.51. The second-order valence-electron chi connectivity index (χ2n) is 10.4. The van der Waals surface area contributed by atoms with Crippen LogP contribution in [-0.2, 0) is 4.79 Å². The monoisotopic (exact) mass is 432 g/mol. The minimum atomic E-state index is -2.19. The first kappa shape index (κ1) is 18.2. The molecule has 32 heavy (non-hydrogen) atoms. The van der Waals surface area contributed by atoms with Crippen LogP contribution in [0.2, 0.25) is 0 Å². The van der Waals surface area contributed by atoms with E-state index in [1.165, 1.54) is 21.6 Å². The maximum atomic E-state index is 12.2. The number of hydrogen-bond donors (Lipinski definition) is 1. The topological polar surface area (TPSA) is 40.5 Å². The minimum Gasteiger partial charge on any atom is -0.378 e. The Balaban J connectivity index is 1.63. The van der Waals surface area contributed by atoms with E-state index in [9.17, 15) is 9.90 Å². The fraction of sp³-hybridized carbons (Fsp3) is 0.552. The normalized spacial score (nSPS) is 37.6. The lowest BCUT2D eigenvalue weighted by atomic mass is 9.51. The van der Waals surface area contributed by atoms with E-state index in [2.05, 4.69) is 30.9 Å². The summed E-state index contributed by atoms with van der Waals surface area (Å²) in [5.74, 6) is 7.28. The van der Waals surface area contributed by atoms with Crippen molar-refractivity contribution in [2.75, 3.05) is 18.9 Å². The number of rotatable bonds is 2. The first-order chi connectivity index (χ1) is 16.5. The van der Waals surface area contributed by atoms with Gasteiger partial charge in [0.25, 0.3) is 0 Å². The van der Waals surface area contributed by atoms with Gasteiger partial charge in [-0.1, -0.05) is 30.6 Å². The molecular weight excluding hydrogens is 394 g/mol. The first-order valence-corrected chi connectivity index (χ1v) is 12.0. The Morgan fingerprint density at radius 2 is 1.97 bits per heavy atom. The van der Waals surface area contributed by atoms with Gasteiger partial charge in [0.1, 0.15) is 5.60 Å². The molecular formula is C29H35NO2. The van der Waals surface area contributed by atoms with E-state index in [-0.39, 0.29) is 17.1 Å². The maximum absolute atomic E-state index is 12.2. The highest BCUT2D eigenvalue weighted by atomic mass is 16.3. The summed E-state index contributed by atoms with van der Waals surface area (Å²) in [5.41, 5.74) is 4.52. The summed E-state index contributed by atoms with van der Waals surface area (Å²) < 4.78 is 23.2. The van der Waals surface area contributed by atoms with Crippen molar-refractivity contribution in [3.05, 3.63) is 52.6 Å². The smallest absolute Gasteiger partial charge is 0.156 e. The molecule has 2 unspecified atom stereocenters. The van der Waals surface area contributed by atoms with Crippen molar-refractivity contribution in [3.8, 4) is 11.8 Å². The summed E-state index contributed by atoms with van der Waals surface area (Å²) in [6, 6.07) is 7.91. The van der Waals surface area contributed by atoms with Gasteiger partial charge in [0, 0.05) is 41.6 Å². The average Bonchev–Trinajstić information content (AvgIpc) is 3.07. The zero-order valence-corrected chi connectivity index (χ0v) is 19.4. The van der Waals surface area contributed by atoms with E-state index in [1.807, 2.05) is 18.2 Å². The molecule has 0 bridgehead atoms. The summed E-state index contributed by atoms with van der Waals surface area (Å²) in [5, 5.41) is 11.8. The van der Waals surface area contributed by atoms with Gasteiger partial charge >= 0.3 is 0 Å². The third-order valence-corrected chi connectivity index (χ3v) is 8.90. The summed E-state index contributed by atoms with van der Waals surface area (Å²) in [6.07, 6.45) is 7.63. The summed E-state index contributed by atoms with van der Waals surface area (Å²) in [7, 11) is 1.59.